The normalized spacial score (nSPS) is 36.7. The highest BCUT2D eigenvalue weighted by molar-refractivity contribution is 4.68. The minimum absolute atomic E-state index is 0.407. The zero-order valence-electron chi connectivity index (χ0n) is 6.14. The van der Waals surface area contributed by atoms with E-state index >= 15 is 0 Å². The minimum Gasteiger partial charge on any atom is -0.396 e. The van der Waals surface area contributed by atoms with Crippen molar-refractivity contribution in [1.82, 2.24) is 0 Å². The van der Waals surface area contributed by atoms with Crippen LogP contribution >= 0.6 is 0 Å². The monoisotopic (exact) mass is 128 g/mol. The van der Waals surface area contributed by atoms with E-state index in [1.165, 1.54) is 25.7 Å². The summed E-state index contributed by atoms with van der Waals surface area (Å²) >= 11 is 0. The van der Waals surface area contributed by atoms with Crippen LogP contribution in [0.3, 0.4) is 0 Å². The highest BCUT2D eigenvalue weighted by Crippen LogP contribution is 2.27. The summed E-state index contributed by atoms with van der Waals surface area (Å²) in [7, 11) is 0. The molecule has 0 heterocycles. The summed E-state index contributed by atoms with van der Waals surface area (Å²) in [5.74, 6) is 1.48. The molecule has 1 rings (SSSR count). The summed E-state index contributed by atoms with van der Waals surface area (Å²) in [4.78, 5) is 0. The van der Waals surface area contributed by atoms with Gasteiger partial charge in [-0.05, 0) is 24.7 Å². The van der Waals surface area contributed by atoms with Crippen LogP contribution in [-0.2, 0) is 0 Å². The molecule has 1 fully saturated rings. The molecule has 1 saturated carbocycles. The summed E-state index contributed by atoms with van der Waals surface area (Å²) < 4.78 is 0. The van der Waals surface area contributed by atoms with Gasteiger partial charge < -0.3 is 5.11 Å². The van der Waals surface area contributed by atoms with Gasteiger partial charge in [0, 0.05) is 6.61 Å². The van der Waals surface area contributed by atoms with Crippen LogP contribution < -0.4 is 0 Å². The highest BCUT2D eigenvalue weighted by Gasteiger charge is 2.17. The molecule has 1 aliphatic rings. The summed E-state index contributed by atoms with van der Waals surface area (Å²) in [6, 6.07) is 0. The van der Waals surface area contributed by atoms with Crippen LogP contribution in [0, 0.1) is 11.8 Å². The molecule has 0 spiro atoms. The molecule has 0 saturated heterocycles. The van der Waals surface area contributed by atoms with Gasteiger partial charge in [0.2, 0.25) is 0 Å². The van der Waals surface area contributed by atoms with E-state index in [-0.39, 0.29) is 0 Å². The highest BCUT2D eigenvalue weighted by atomic mass is 16.3. The first-order valence-electron chi connectivity index (χ1n) is 3.93. The summed E-state index contributed by atoms with van der Waals surface area (Å²) in [6.07, 6.45) is 5.19. The van der Waals surface area contributed by atoms with Crippen LogP contribution in [0.15, 0.2) is 0 Å². The third-order valence-corrected chi connectivity index (χ3v) is 2.30. The van der Waals surface area contributed by atoms with Gasteiger partial charge in [-0.2, -0.15) is 0 Å². The molecule has 1 N–H and O–H groups in total. The predicted molar refractivity (Wildman–Crippen MR) is 38.2 cm³/mol. The zero-order chi connectivity index (χ0) is 6.69. The average molecular weight is 128 g/mol. The standard InChI is InChI=1S/C8H16O/c1-7-3-2-4-8(5-7)6-9/h7-9H,2-6H2,1H3/t7-,8?/m0/s1. The molecular weight excluding hydrogens is 112 g/mol. The van der Waals surface area contributed by atoms with E-state index in [9.17, 15) is 0 Å². The van der Waals surface area contributed by atoms with Crippen LogP contribution in [-0.4, -0.2) is 11.7 Å². The lowest BCUT2D eigenvalue weighted by molar-refractivity contribution is 0.166. The molecule has 0 amide bonds. The van der Waals surface area contributed by atoms with Crippen LogP contribution in [0.5, 0.6) is 0 Å². The molecule has 0 aromatic heterocycles. The summed E-state index contributed by atoms with van der Waals surface area (Å²) in [5.41, 5.74) is 0. The molecule has 1 unspecified atom stereocenters. The number of hydrogen-bond acceptors (Lipinski definition) is 1. The van der Waals surface area contributed by atoms with Gasteiger partial charge in [-0.15, -0.1) is 0 Å². The van der Waals surface area contributed by atoms with Gasteiger partial charge in [-0.25, -0.2) is 0 Å². The lowest BCUT2D eigenvalue weighted by atomic mass is 9.83. The quantitative estimate of drug-likeness (QED) is 0.571. The van der Waals surface area contributed by atoms with E-state index in [1.807, 2.05) is 0 Å². The van der Waals surface area contributed by atoms with Crippen LogP contribution in [0.1, 0.15) is 32.6 Å². The molecule has 0 aromatic carbocycles. The number of rotatable bonds is 1. The summed E-state index contributed by atoms with van der Waals surface area (Å²) in [5, 5.41) is 8.81. The molecule has 0 aromatic rings. The first-order valence-corrected chi connectivity index (χ1v) is 3.93. The van der Waals surface area contributed by atoms with Gasteiger partial charge in [0.25, 0.3) is 0 Å². The fraction of sp³-hybridized carbons (Fsp3) is 1.00. The molecule has 0 aliphatic heterocycles. The Balaban J connectivity index is 2.23. The number of aliphatic hydroxyl groups is 1. The average Bonchev–Trinajstić information content (AvgIpc) is 1.88. The first-order chi connectivity index (χ1) is 4.33. The number of hydrogen-bond donors (Lipinski definition) is 1. The van der Waals surface area contributed by atoms with Crippen molar-refractivity contribution in [1.29, 1.82) is 0 Å². The lowest BCUT2D eigenvalue weighted by Crippen LogP contribution is -2.15. The maximum Gasteiger partial charge on any atom is 0.0459 e. The van der Waals surface area contributed by atoms with Crippen molar-refractivity contribution in [3.8, 4) is 0 Å². The third-order valence-electron chi connectivity index (χ3n) is 2.30. The van der Waals surface area contributed by atoms with Gasteiger partial charge in [-0.3, -0.25) is 0 Å². The van der Waals surface area contributed by atoms with Crippen molar-refractivity contribution in [2.45, 2.75) is 32.6 Å². The Bertz CT molecular complexity index is 80.6. The Hall–Kier alpha value is -0.0400. The van der Waals surface area contributed by atoms with Crippen LogP contribution in [0.25, 0.3) is 0 Å². The van der Waals surface area contributed by atoms with E-state index in [2.05, 4.69) is 6.92 Å². The SMILES string of the molecule is C[C@H]1CCCC(CO)C1. The van der Waals surface area contributed by atoms with E-state index in [0.717, 1.165) is 5.92 Å². The largest absolute Gasteiger partial charge is 0.396 e. The van der Waals surface area contributed by atoms with Gasteiger partial charge in [0.15, 0.2) is 0 Å². The van der Waals surface area contributed by atoms with E-state index in [0.29, 0.717) is 12.5 Å². The van der Waals surface area contributed by atoms with Crippen molar-refractivity contribution >= 4 is 0 Å². The smallest absolute Gasteiger partial charge is 0.0459 e. The molecule has 2 atom stereocenters. The molecule has 0 bridgehead atoms. The topological polar surface area (TPSA) is 20.2 Å². The predicted octanol–water partition coefficient (Wildman–Crippen LogP) is 1.80. The van der Waals surface area contributed by atoms with Gasteiger partial charge >= 0.3 is 0 Å². The fourth-order valence-electron chi connectivity index (χ4n) is 1.73. The second kappa shape index (κ2) is 3.21. The molecule has 0 radical (unpaired) electrons. The zero-order valence-corrected chi connectivity index (χ0v) is 6.14. The first kappa shape index (κ1) is 7.07. The van der Waals surface area contributed by atoms with E-state index < -0.39 is 0 Å². The minimum atomic E-state index is 0.407. The molecule has 54 valence electrons. The maximum absolute atomic E-state index is 8.81. The second-order valence-electron chi connectivity index (χ2n) is 3.32. The van der Waals surface area contributed by atoms with Gasteiger partial charge in [0.05, 0.1) is 0 Å². The molecule has 1 nitrogen and oxygen atoms in total. The Morgan fingerprint density at radius 3 is 2.67 bits per heavy atom. The fourth-order valence-corrected chi connectivity index (χ4v) is 1.73. The van der Waals surface area contributed by atoms with Crippen molar-refractivity contribution in [3.63, 3.8) is 0 Å². The van der Waals surface area contributed by atoms with Crippen molar-refractivity contribution < 1.29 is 5.11 Å². The second-order valence-corrected chi connectivity index (χ2v) is 3.32. The number of aliphatic hydroxyl groups excluding tert-OH is 1. The van der Waals surface area contributed by atoms with Gasteiger partial charge in [0.1, 0.15) is 0 Å². The van der Waals surface area contributed by atoms with Crippen molar-refractivity contribution in [2.75, 3.05) is 6.61 Å². The Labute approximate surface area is 57.1 Å². The Morgan fingerprint density at radius 2 is 2.22 bits per heavy atom. The lowest BCUT2D eigenvalue weighted by Gasteiger charge is -2.24. The molecule has 1 aliphatic carbocycles. The van der Waals surface area contributed by atoms with E-state index in [4.69, 9.17) is 5.11 Å². The molecule has 9 heavy (non-hydrogen) atoms. The Morgan fingerprint density at radius 1 is 1.44 bits per heavy atom. The van der Waals surface area contributed by atoms with Gasteiger partial charge in [-0.1, -0.05) is 19.8 Å². The maximum atomic E-state index is 8.81. The Kier molecular flexibility index (Phi) is 2.52. The third kappa shape index (κ3) is 1.98. The van der Waals surface area contributed by atoms with E-state index in [1.54, 1.807) is 0 Å². The molecule has 1 heteroatoms. The van der Waals surface area contributed by atoms with Crippen LogP contribution in [0.2, 0.25) is 0 Å². The van der Waals surface area contributed by atoms with Crippen molar-refractivity contribution in [2.24, 2.45) is 11.8 Å². The van der Waals surface area contributed by atoms with Crippen LogP contribution in [0.4, 0.5) is 0 Å². The summed E-state index contributed by atoms with van der Waals surface area (Å²) in [6.45, 7) is 2.69. The molecular formula is C8H16O. The van der Waals surface area contributed by atoms with Crippen molar-refractivity contribution in [3.05, 3.63) is 0 Å².